The van der Waals surface area contributed by atoms with Crippen LogP contribution in [0.5, 0.6) is 0 Å². The molecule has 1 aromatic carbocycles. The summed E-state index contributed by atoms with van der Waals surface area (Å²) < 4.78 is 9.40. The molecule has 0 spiro atoms. The third kappa shape index (κ3) is 3.34. The van der Waals surface area contributed by atoms with E-state index in [1.807, 2.05) is 34.9 Å². The lowest BCUT2D eigenvalue weighted by Crippen LogP contribution is -2.37. The molecule has 6 rings (SSSR count). The number of likely N-dealkylation sites (tertiary alicyclic amines) is 1. The highest BCUT2D eigenvalue weighted by Crippen LogP contribution is 2.23. The smallest absolute Gasteiger partial charge is 0.264 e. The molecule has 3 aromatic heterocycles. The molecule has 166 valence electrons. The lowest BCUT2D eigenvalue weighted by molar-refractivity contribution is 0.122. The second-order valence-corrected chi connectivity index (χ2v) is 8.74. The average molecular weight is 433 g/mol. The van der Waals surface area contributed by atoms with E-state index in [4.69, 9.17) is 14.7 Å². The topological polar surface area (TPSA) is 67.9 Å². The van der Waals surface area contributed by atoms with Gasteiger partial charge in [-0.2, -0.15) is 0 Å². The highest BCUT2D eigenvalue weighted by molar-refractivity contribution is 5.87. The van der Waals surface area contributed by atoms with Gasteiger partial charge in [0.15, 0.2) is 5.65 Å². The first-order valence-electron chi connectivity index (χ1n) is 11.7. The molecule has 8 nitrogen and oxygen atoms in total. The van der Waals surface area contributed by atoms with Gasteiger partial charge in [0.1, 0.15) is 5.82 Å². The van der Waals surface area contributed by atoms with Crippen LogP contribution in [0, 0.1) is 0 Å². The molecule has 2 aliphatic heterocycles. The zero-order valence-electron chi connectivity index (χ0n) is 18.2. The minimum Gasteiger partial charge on any atom is -0.378 e. The van der Waals surface area contributed by atoms with E-state index in [9.17, 15) is 4.79 Å². The zero-order chi connectivity index (χ0) is 21.5. The van der Waals surface area contributed by atoms with Gasteiger partial charge in [-0.05, 0) is 63.2 Å². The number of hydrogen-bond acceptors (Lipinski definition) is 6. The van der Waals surface area contributed by atoms with E-state index >= 15 is 0 Å². The van der Waals surface area contributed by atoms with E-state index in [0.717, 1.165) is 42.9 Å². The standard InChI is InChI=1S/C24H28N6O2/c31-23-18-8-9-21(28-14-16-32-17-15-28)26-22(18)30-20-7-2-1-6-19(20)25-24(30)29(23)13-5-12-27-10-3-4-11-27/h1-2,6-9H,3-5,10-17H2. The van der Waals surface area contributed by atoms with Crippen LogP contribution >= 0.6 is 0 Å². The molecule has 4 aromatic rings. The molecule has 0 bridgehead atoms. The van der Waals surface area contributed by atoms with Crippen molar-refractivity contribution >= 4 is 33.7 Å². The number of para-hydroxylation sites is 2. The first kappa shape index (κ1) is 19.7. The molecule has 0 unspecified atom stereocenters. The van der Waals surface area contributed by atoms with Crippen LogP contribution in [-0.2, 0) is 11.3 Å². The number of benzene rings is 1. The number of rotatable bonds is 5. The fraction of sp³-hybridized carbons (Fsp3) is 0.458. The van der Waals surface area contributed by atoms with Crippen LogP contribution in [0.25, 0.3) is 27.8 Å². The summed E-state index contributed by atoms with van der Waals surface area (Å²) in [5.41, 5.74) is 2.53. The van der Waals surface area contributed by atoms with Gasteiger partial charge >= 0.3 is 0 Å². The summed E-state index contributed by atoms with van der Waals surface area (Å²) in [5, 5.41) is 0.638. The van der Waals surface area contributed by atoms with Gasteiger partial charge < -0.3 is 14.5 Å². The van der Waals surface area contributed by atoms with Crippen molar-refractivity contribution in [1.82, 2.24) is 23.8 Å². The fourth-order valence-corrected chi connectivity index (χ4v) is 5.04. The molecule has 5 heterocycles. The van der Waals surface area contributed by atoms with Crippen LogP contribution in [0.3, 0.4) is 0 Å². The Kier molecular flexibility index (Phi) is 5.04. The number of imidazole rings is 1. The van der Waals surface area contributed by atoms with E-state index in [1.54, 1.807) is 0 Å². The Labute approximate surface area is 186 Å². The van der Waals surface area contributed by atoms with E-state index in [-0.39, 0.29) is 5.56 Å². The molecule has 8 heteroatoms. The molecule has 2 saturated heterocycles. The van der Waals surface area contributed by atoms with Gasteiger partial charge in [-0.15, -0.1) is 0 Å². The molecule has 2 aliphatic rings. The Morgan fingerprint density at radius 2 is 1.72 bits per heavy atom. The van der Waals surface area contributed by atoms with Crippen LogP contribution in [0.15, 0.2) is 41.2 Å². The van der Waals surface area contributed by atoms with Crippen LogP contribution < -0.4 is 10.5 Å². The molecule has 32 heavy (non-hydrogen) atoms. The summed E-state index contributed by atoms with van der Waals surface area (Å²) in [6.45, 7) is 7.02. The number of hydrogen-bond donors (Lipinski definition) is 0. The molecular formula is C24H28N6O2. The van der Waals surface area contributed by atoms with Crippen molar-refractivity contribution in [2.24, 2.45) is 0 Å². The first-order valence-corrected chi connectivity index (χ1v) is 11.7. The lowest BCUT2D eigenvalue weighted by atomic mass is 10.2. The van der Waals surface area contributed by atoms with Crippen molar-refractivity contribution in [2.45, 2.75) is 25.8 Å². The van der Waals surface area contributed by atoms with Crippen molar-refractivity contribution in [3.8, 4) is 0 Å². The number of aromatic nitrogens is 4. The Bertz CT molecular complexity index is 1330. The largest absolute Gasteiger partial charge is 0.378 e. The second-order valence-electron chi connectivity index (χ2n) is 8.74. The number of nitrogens with zero attached hydrogens (tertiary/aromatic N) is 6. The van der Waals surface area contributed by atoms with Gasteiger partial charge in [-0.25, -0.2) is 9.97 Å². The molecule has 0 radical (unpaired) electrons. The van der Waals surface area contributed by atoms with E-state index in [1.165, 1.54) is 25.9 Å². The van der Waals surface area contributed by atoms with Crippen molar-refractivity contribution in [1.29, 1.82) is 0 Å². The normalized spacial score (nSPS) is 17.8. The summed E-state index contributed by atoms with van der Waals surface area (Å²) in [6.07, 6.45) is 3.50. The molecule has 0 N–H and O–H groups in total. The SMILES string of the molecule is O=c1c2ccc(N3CCOCC3)nc2n2c3ccccc3nc2n1CCCN1CCCC1. The fourth-order valence-electron chi connectivity index (χ4n) is 5.04. The van der Waals surface area contributed by atoms with Crippen molar-refractivity contribution in [2.75, 3.05) is 50.8 Å². The van der Waals surface area contributed by atoms with Crippen molar-refractivity contribution in [3.05, 3.63) is 46.8 Å². The maximum atomic E-state index is 13.6. The third-order valence-corrected chi connectivity index (χ3v) is 6.72. The maximum Gasteiger partial charge on any atom is 0.264 e. The highest BCUT2D eigenvalue weighted by atomic mass is 16.5. The maximum absolute atomic E-state index is 13.6. The number of anilines is 1. The van der Waals surface area contributed by atoms with Gasteiger partial charge in [0.25, 0.3) is 5.56 Å². The van der Waals surface area contributed by atoms with Gasteiger partial charge in [0.2, 0.25) is 5.78 Å². The minimum atomic E-state index is -0.00902. The summed E-state index contributed by atoms with van der Waals surface area (Å²) in [4.78, 5) is 28.1. The molecule has 2 fully saturated rings. The predicted molar refractivity (Wildman–Crippen MR) is 126 cm³/mol. The number of pyridine rings is 1. The Hall–Kier alpha value is -2.97. The zero-order valence-corrected chi connectivity index (χ0v) is 18.2. The average Bonchev–Trinajstić information content (AvgIpc) is 3.49. The molecule has 0 saturated carbocycles. The second kappa shape index (κ2) is 8.18. The van der Waals surface area contributed by atoms with Crippen LogP contribution in [0.1, 0.15) is 19.3 Å². The Morgan fingerprint density at radius 1 is 0.906 bits per heavy atom. The quantitative estimate of drug-likeness (QED) is 0.483. The summed E-state index contributed by atoms with van der Waals surface area (Å²) in [6, 6.07) is 11.9. The van der Waals surface area contributed by atoms with Crippen LogP contribution in [0.4, 0.5) is 5.82 Å². The van der Waals surface area contributed by atoms with Crippen LogP contribution in [0.2, 0.25) is 0 Å². The molecule has 0 aliphatic carbocycles. The van der Waals surface area contributed by atoms with Gasteiger partial charge in [0.05, 0.1) is 29.6 Å². The molecule has 0 atom stereocenters. The van der Waals surface area contributed by atoms with Gasteiger partial charge in [-0.3, -0.25) is 13.8 Å². The monoisotopic (exact) mass is 432 g/mol. The predicted octanol–water partition coefficient (Wildman–Crippen LogP) is 2.52. The number of aryl methyl sites for hydroxylation is 1. The summed E-state index contributed by atoms with van der Waals surface area (Å²) >= 11 is 0. The van der Waals surface area contributed by atoms with Gasteiger partial charge in [-0.1, -0.05) is 12.1 Å². The van der Waals surface area contributed by atoms with E-state index in [0.29, 0.717) is 36.6 Å². The number of morpholine rings is 1. The lowest BCUT2D eigenvalue weighted by Gasteiger charge is -2.28. The third-order valence-electron chi connectivity index (χ3n) is 6.72. The number of fused-ring (bicyclic) bond motifs is 5. The van der Waals surface area contributed by atoms with Crippen molar-refractivity contribution < 1.29 is 4.74 Å². The van der Waals surface area contributed by atoms with Crippen molar-refractivity contribution in [3.63, 3.8) is 0 Å². The Balaban J connectivity index is 1.49. The summed E-state index contributed by atoms with van der Waals surface area (Å²) in [5.74, 6) is 1.56. The number of ether oxygens (including phenoxy) is 1. The summed E-state index contributed by atoms with van der Waals surface area (Å²) in [7, 11) is 0. The molecular weight excluding hydrogens is 404 g/mol. The first-order chi connectivity index (χ1) is 15.8. The molecule has 0 amide bonds. The van der Waals surface area contributed by atoms with E-state index < -0.39 is 0 Å². The van der Waals surface area contributed by atoms with E-state index in [2.05, 4.69) is 20.3 Å². The Morgan fingerprint density at radius 3 is 2.56 bits per heavy atom. The van der Waals surface area contributed by atoms with Gasteiger partial charge in [0, 0.05) is 19.6 Å². The van der Waals surface area contributed by atoms with Crippen LogP contribution in [-0.4, -0.2) is 69.8 Å². The highest BCUT2D eigenvalue weighted by Gasteiger charge is 2.19. The minimum absolute atomic E-state index is 0.00902.